The maximum atomic E-state index is 6.00. The molecule has 2 N–H and O–H groups in total. The maximum absolute atomic E-state index is 6.00. The molecule has 17 heavy (non-hydrogen) atoms. The van der Waals surface area contributed by atoms with E-state index in [-0.39, 0.29) is 12.1 Å². The van der Waals surface area contributed by atoms with Crippen LogP contribution in [-0.4, -0.2) is 12.6 Å². The zero-order valence-electron chi connectivity index (χ0n) is 10.8. The highest BCUT2D eigenvalue weighted by atomic mass is 79.9. The van der Waals surface area contributed by atoms with Gasteiger partial charge in [0, 0.05) is 10.9 Å². The first-order valence-corrected chi connectivity index (χ1v) is 7.78. The van der Waals surface area contributed by atoms with Gasteiger partial charge in [-0.2, -0.15) is 0 Å². The molecule has 0 bridgehead atoms. The van der Waals surface area contributed by atoms with Crippen LogP contribution in [0.3, 0.4) is 0 Å². The average Bonchev–Trinajstić information content (AvgIpc) is 2.65. The van der Waals surface area contributed by atoms with Gasteiger partial charge >= 0.3 is 0 Å². The van der Waals surface area contributed by atoms with Crippen LogP contribution >= 0.6 is 27.3 Å². The molecule has 1 rings (SSSR count). The van der Waals surface area contributed by atoms with Gasteiger partial charge in [0.1, 0.15) is 6.10 Å². The molecule has 0 aromatic carbocycles. The molecule has 1 aromatic rings. The quantitative estimate of drug-likeness (QED) is 0.810. The lowest BCUT2D eigenvalue weighted by Gasteiger charge is -2.22. The van der Waals surface area contributed by atoms with Crippen molar-refractivity contribution >= 4 is 27.3 Å². The molecule has 0 spiro atoms. The number of hydrogen-bond donors (Lipinski definition) is 1. The van der Waals surface area contributed by atoms with E-state index in [1.807, 2.05) is 13.0 Å². The molecule has 0 aliphatic rings. The molecular weight excluding hydrogens is 298 g/mol. The lowest BCUT2D eigenvalue weighted by Crippen LogP contribution is -2.27. The molecule has 1 aromatic heterocycles. The van der Waals surface area contributed by atoms with Gasteiger partial charge < -0.3 is 10.5 Å². The van der Waals surface area contributed by atoms with Gasteiger partial charge in [-0.25, -0.2) is 0 Å². The zero-order chi connectivity index (χ0) is 12.8. The number of halogens is 1. The minimum absolute atomic E-state index is 0.0191. The molecule has 0 saturated carbocycles. The zero-order valence-corrected chi connectivity index (χ0v) is 13.2. The second-order valence-corrected chi connectivity index (χ2v) is 7.14. The van der Waals surface area contributed by atoms with Crippen molar-refractivity contribution in [2.45, 2.75) is 45.8 Å². The van der Waals surface area contributed by atoms with Gasteiger partial charge in [0.05, 0.1) is 10.4 Å². The van der Waals surface area contributed by atoms with Crippen molar-refractivity contribution < 1.29 is 4.74 Å². The molecule has 0 aliphatic heterocycles. The molecule has 3 unspecified atom stereocenters. The van der Waals surface area contributed by atoms with E-state index in [1.165, 1.54) is 17.7 Å². The van der Waals surface area contributed by atoms with E-state index in [4.69, 9.17) is 10.5 Å². The molecule has 1 heterocycles. The molecule has 3 atom stereocenters. The van der Waals surface area contributed by atoms with E-state index in [9.17, 15) is 0 Å². The van der Waals surface area contributed by atoms with Crippen LogP contribution in [0.15, 0.2) is 15.9 Å². The SMILES string of the molecule is CCCC(C)COC(c1ccc(Br)s1)C(C)N. The summed E-state index contributed by atoms with van der Waals surface area (Å²) in [5, 5.41) is 0. The largest absolute Gasteiger partial charge is 0.371 e. The van der Waals surface area contributed by atoms with Crippen LogP contribution < -0.4 is 5.73 Å². The lowest BCUT2D eigenvalue weighted by atomic mass is 10.1. The van der Waals surface area contributed by atoms with E-state index in [2.05, 4.69) is 35.8 Å². The third-order valence-electron chi connectivity index (χ3n) is 2.69. The van der Waals surface area contributed by atoms with Crippen LogP contribution in [0.5, 0.6) is 0 Å². The summed E-state index contributed by atoms with van der Waals surface area (Å²) in [5.41, 5.74) is 6.00. The third-order valence-corrected chi connectivity index (χ3v) is 4.38. The van der Waals surface area contributed by atoms with Gasteiger partial charge in [-0.15, -0.1) is 11.3 Å². The first kappa shape index (κ1) is 15.2. The number of nitrogens with two attached hydrogens (primary N) is 1. The highest BCUT2D eigenvalue weighted by Gasteiger charge is 2.19. The Labute approximate surface area is 117 Å². The van der Waals surface area contributed by atoms with E-state index in [0.29, 0.717) is 5.92 Å². The standard InChI is InChI=1S/C13H22BrNOS/c1-4-5-9(2)8-16-13(10(3)15)11-6-7-12(14)17-11/h6-7,9-10,13H,4-5,8,15H2,1-3H3. The predicted octanol–water partition coefficient (Wildman–Crippen LogP) is 4.35. The predicted molar refractivity (Wildman–Crippen MR) is 78.4 cm³/mol. The first-order chi connectivity index (χ1) is 8.04. The van der Waals surface area contributed by atoms with Gasteiger partial charge in [0.15, 0.2) is 0 Å². The van der Waals surface area contributed by atoms with Crippen LogP contribution in [0.1, 0.15) is 44.6 Å². The van der Waals surface area contributed by atoms with Crippen LogP contribution in [0.4, 0.5) is 0 Å². The summed E-state index contributed by atoms with van der Waals surface area (Å²) in [6.07, 6.45) is 2.43. The molecule has 0 amide bonds. The van der Waals surface area contributed by atoms with E-state index in [0.717, 1.165) is 10.4 Å². The topological polar surface area (TPSA) is 35.2 Å². The van der Waals surface area contributed by atoms with Gasteiger partial charge in [-0.3, -0.25) is 0 Å². The lowest BCUT2D eigenvalue weighted by molar-refractivity contribution is 0.0195. The summed E-state index contributed by atoms with van der Waals surface area (Å²) in [4.78, 5) is 1.20. The molecule has 0 fully saturated rings. The highest BCUT2D eigenvalue weighted by molar-refractivity contribution is 9.11. The third kappa shape index (κ3) is 5.08. The fraction of sp³-hybridized carbons (Fsp3) is 0.692. The fourth-order valence-corrected chi connectivity index (χ4v) is 3.41. The van der Waals surface area contributed by atoms with Crippen LogP contribution in [0, 0.1) is 5.92 Å². The summed E-state index contributed by atoms with van der Waals surface area (Å²) in [6.45, 7) is 7.22. The summed E-state index contributed by atoms with van der Waals surface area (Å²) in [6, 6.07) is 4.16. The summed E-state index contributed by atoms with van der Waals surface area (Å²) < 4.78 is 7.11. The van der Waals surface area contributed by atoms with Gasteiger partial charge in [-0.1, -0.05) is 20.3 Å². The molecular formula is C13H22BrNOS. The van der Waals surface area contributed by atoms with Crippen LogP contribution in [0.2, 0.25) is 0 Å². The Kier molecular flexibility index (Phi) is 6.70. The number of thiophene rings is 1. The monoisotopic (exact) mass is 319 g/mol. The van der Waals surface area contributed by atoms with E-state index >= 15 is 0 Å². The summed E-state index contributed by atoms with van der Waals surface area (Å²) in [5.74, 6) is 0.602. The average molecular weight is 320 g/mol. The number of rotatable bonds is 7. The number of hydrogen-bond acceptors (Lipinski definition) is 3. The Balaban J connectivity index is 2.55. The second kappa shape index (κ2) is 7.52. The van der Waals surface area contributed by atoms with Crippen molar-refractivity contribution in [3.63, 3.8) is 0 Å². The van der Waals surface area contributed by atoms with Crippen molar-refractivity contribution in [3.8, 4) is 0 Å². The van der Waals surface area contributed by atoms with Crippen LogP contribution in [0.25, 0.3) is 0 Å². The normalized spacial score (nSPS) is 16.8. The first-order valence-electron chi connectivity index (χ1n) is 6.17. The smallest absolute Gasteiger partial charge is 0.106 e. The Morgan fingerprint density at radius 1 is 1.41 bits per heavy atom. The highest BCUT2D eigenvalue weighted by Crippen LogP contribution is 2.31. The molecule has 98 valence electrons. The Morgan fingerprint density at radius 3 is 2.59 bits per heavy atom. The van der Waals surface area contributed by atoms with Gasteiger partial charge in [0.2, 0.25) is 0 Å². The molecule has 2 nitrogen and oxygen atoms in total. The molecule has 0 saturated heterocycles. The van der Waals surface area contributed by atoms with E-state index in [1.54, 1.807) is 11.3 Å². The Hall–Kier alpha value is 0.1000. The van der Waals surface area contributed by atoms with Crippen molar-refractivity contribution in [1.82, 2.24) is 0 Å². The second-order valence-electron chi connectivity index (χ2n) is 4.65. The van der Waals surface area contributed by atoms with Crippen molar-refractivity contribution in [2.75, 3.05) is 6.61 Å². The Bertz CT molecular complexity index is 327. The van der Waals surface area contributed by atoms with Gasteiger partial charge in [-0.05, 0) is 47.3 Å². The molecule has 4 heteroatoms. The van der Waals surface area contributed by atoms with Crippen molar-refractivity contribution in [2.24, 2.45) is 11.7 Å². The molecule has 0 radical (unpaired) electrons. The molecule has 0 aliphatic carbocycles. The summed E-state index contributed by atoms with van der Waals surface area (Å²) in [7, 11) is 0. The number of ether oxygens (including phenoxy) is 1. The van der Waals surface area contributed by atoms with Gasteiger partial charge in [0.25, 0.3) is 0 Å². The van der Waals surface area contributed by atoms with Crippen molar-refractivity contribution in [3.05, 3.63) is 20.8 Å². The minimum Gasteiger partial charge on any atom is -0.371 e. The fourth-order valence-electron chi connectivity index (χ4n) is 1.82. The maximum Gasteiger partial charge on any atom is 0.106 e. The Morgan fingerprint density at radius 2 is 2.12 bits per heavy atom. The summed E-state index contributed by atoms with van der Waals surface area (Å²) >= 11 is 5.18. The van der Waals surface area contributed by atoms with E-state index < -0.39 is 0 Å². The van der Waals surface area contributed by atoms with Crippen LogP contribution in [-0.2, 0) is 4.74 Å². The van der Waals surface area contributed by atoms with Crippen molar-refractivity contribution in [1.29, 1.82) is 0 Å². The minimum atomic E-state index is 0.0191.